The highest BCUT2D eigenvalue weighted by molar-refractivity contribution is 9.10. The number of hydrogen-bond donors (Lipinski definition) is 0. The van der Waals surface area contributed by atoms with Crippen LogP contribution in [-0.4, -0.2) is 23.0 Å². The molecule has 2 aliphatic rings. The first-order chi connectivity index (χ1) is 12.3. The standard InChI is InChI=1S/C19H12BrN3O2/c20-14-2-4-18-16(6-14)19(9-24-11-23-19)15-5-12(1-3-17(15)25-18)13-7-21-10-22-8-13/h1-8,10-11H,9H2. The average molecular weight is 394 g/mol. The molecule has 1 aromatic heterocycles. The first-order valence-corrected chi connectivity index (χ1v) is 8.59. The van der Waals surface area contributed by atoms with Gasteiger partial charge in [-0.3, -0.25) is 0 Å². The van der Waals surface area contributed by atoms with Crippen molar-refractivity contribution < 1.29 is 9.47 Å². The summed E-state index contributed by atoms with van der Waals surface area (Å²) in [6.07, 6.45) is 6.64. The molecule has 3 aromatic rings. The van der Waals surface area contributed by atoms with Crippen LogP contribution in [0.5, 0.6) is 11.5 Å². The van der Waals surface area contributed by atoms with Crippen LogP contribution < -0.4 is 4.74 Å². The molecule has 5 rings (SSSR count). The van der Waals surface area contributed by atoms with Gasteiger partial charge in [0.2, 0.25) is 0 Å². The fraction of sp³-hybridized carbons (Fsp3) is 0.105. The van der Waals surface area contributed by atoms with Crippen molar-refractivity contribution in [3.63, 3.8) is 0 Å². The molecule has 0 saturated carbocycles. The molecule has 0 aliphatic carbocycles. The normalized spacial score (nSPS) is 19.9. The summed E-state index contributed by atoms with van der Waals surface area (Å²) in [5.74, 6) is 1.59. The number of halogens is 1. The van der Waals surface area contributed by atoms with Crippen molar-refractivity contribution in [3.05, 3.63) is 70.7 Å². The lowest BCUT2D eigenvalue weighted by Crippen LogP contribution is -2.31. The van der Waals surface area contributed by atoms with Crippen molar-refractivity contribution in [1.29, 1.82) is 0 Å². The Morgan fingerprint density at radius 1 is 0.920 bits per heavy atom. The van der Waals surface area contributed by atoms with Gasteiger partial charge in [-0.05, 0) is 35.9 Å². The summed E-state index contributed by atoms with van der Waals surface area (Å²) in [5, 5.41) is 0. The van der Waals surface area contributed by atoms with E-state index in [1.165, 1.54) is 12.7 Å². The van der Waals surface area contributed by atoms with Crippen LogP contribution in [0, 0.1) is 0 Å². The van der Waals surface area contributed by atoms with Gasteiger partial charge in [-0.15, -0.1) is 0 Å². The lowest BCUT2D eigenvalue weighted by molar-refractivity contribution is 0.273. The SMILES string of the molecule is Brc1ccc2c(c1)C1(COC=N1)c1cc(-c3cncnc3)ccc1O2. The Bertz CT molecular complexity index is 1010. The minimum absolute atomic E-state index is 0.446. The third-order valence-electron chi connectivity index (χ3n) is 4.57. The van der Waals surface area contributed by atoms with E-state index in [1.54, 1.807) is 12.4 Å². The quantitative estimate of drug-likeness (QED) is 0.617. The van der Waals surface area contributed by atoms with Crippen LogP contribution >= 0.6 is 15.9 Å². The molecule has 1 atom stereocenters. The van der Waals surface area contributed by atoms with Crippen LogP contribution in [0.15, 0.2) is 64.6 Å². The summed E-state index contributed by atoms with van der Waals surface area (Å²) in [6, 6.07) is 12.0. The van der Waals surface area contributed by atoms with Crippen molar-refractivity contribution in [1.82, 2.24) is 9.97 Å². The van der Waals surface area contributed by atoms with E-state index in [0.29, 0.717) is 6.61 Å². The number of fused-ring (bicyclic) bond motifs is 4. The molecule has 0 N–H and O–H groups in total. The van der Waals surface area contributed by atoms with Crippen molar-refractivity contribution >= 4 is 22.3 Å². The van der Waals surface area contributed by atoms with Gasteiger partial charge < -0.3 is 9.47 Å². The minimum Gasteiger partial charge on any atom is -0.480 e. The zero-order chi connectivity index (χ0) is 16.9. The molecular formula is C19H12BrN3O2. The fourth-order valence-corrected chi connectivity index (χ4v) is 3.73. The number of benzene rings is 2. The van der Waals surface area contributed by atoms with Crippen LogP contribution in [-0.2, 0) is 10.3 Å². The van der Waals surface area contributed by atoms with E-state index in [9.17, 15) is 0 Å². The first-order valence-electron chi connectivity index (χ1n) is 7.79. The Morgan fingerprint density at radius 3 is 2.44 bits per heavy atom. The van der Waals surface area contributed by atoms with Gasteiger partial charge in [-0.1, -0.05) is 22.0 Å². The molecule has 6 heteroatoms. The molecule has 1 spiro atoms. The maximum absolute atomic E-state index is 6.13. The summed E-state index contributed by atoms with van der Waals surface area (Å²) in [5.41, 5.74) is 3.34. The van der Waals surface area contributed by atoms with Crippen LogP contribution in [0.3, 0.4) is 0 Å². The van der Waals surface area contributed by atoms with Gasteiger partial charge in [0.25, 0.3) is 0 Å². The second kappa shape index (κ2) is 5.39. The van der Waals surface area contributed by atoms with Crippen LogP contribution in [0.25, 0.3) is 11.1 Å². The Kier molecular flexibility index (Phi) is 3.15. The predicted octanol–water partition coefficient (Wildman–Crippen LogP) is 4.31. The first kappa shape index (κ1) is 14.6. The third-order valence-corrected chi connectivity index (χ3v) is 5.06. The summed E-state index contributed by atoms with van der Waals surface area (Å²) in [7, 11) is 0. The highest BCUT2D eigenvalue weighted by Crippen LogP contribution is 2.51. The van der Waals surface area contributed by atoms with Gasteiger partial charge >= 0.3 is 0 Å². The van der Waals surface area contributed by atoms with Gasteiger partial charge in [0.05, 0.1) is 0 Å². The molecule has 2 aromatic carbocycles. The second-order valence-electron chi connectivity index (χ2n) is 5.99. The Morgan fingerprint density at radius 2 is 1.68 bits per heavy atom. The van der Waals surface area contributed by atoms with Crippen molar-refractivity contribution in [2.45, 2.75) is 5.54 Å². The summed E-state index contributed by atoms with van der Waals surface area (Å²) in [6.45, 7) is 0.446. The molecule has 0 bridgehead atoms. The maximum Gasteiger partial charge on any atom is 0.170 e. The predicted molar refractivity (Wildman–Crippen MR) is 96.9 cm³/mol. The zero-order valence-corrected chi connectivity index (χ0v) is 14.6. The van der Waals surface area contributed by atoms with Crippen LogP contribution in [0.2, 0.25) is 0 Å². The van der Waals surface area contributed by atoms with Crippen molar-refractivity contribution in [2.24, 2.45) is 4.99 Å². The minimum atomic E-state index is -0.599. The van der Waals surface area contributed by atoms with E-state index in [2.05, 4.69) is 32.0 Å². The van der Waals surface area contributed by atoms with Crippen LogP contribution in [0.4, 0.5) is 0 Å². The zero-order valence-electron chi connectivity index (χ0n) is 13.0. The van der Waals surface area contributed by atoms with E-state index in [4.69, 9.17) is 14.5 Å². The molecule has 2 aliphatic heterocycles. The van der Waals surface area contributed by atoms with E-state index in [1.807, 2.05) is 30.3 Å². The lowest BCUT2D eigenvalue weighted by Gasteiger charge is -2.34. The molecule has 0 saturated heterocycles. The molecule has 0 fully saturated rings. The van der Waals surface area contributed by atoms with Crippen LogP contribution in [0.1, 0.15) is 11.1 Å². The number of aromatic nitrogens is 2. The van der Waals surface area contributed by atoms with E-state index < -0.39 is 5.54 Å². The number of ether oxygens (including phenoxy) is 2. The Hall–Kier alpha value is -2.73. The second-order valence-corrected chi connectivity index (χ2v) is 6.90. The molecule has 0 radical (unpaired) electrons. The molecule has 1 unspecified atom stereocenters. The molecule has 5 nitrogen and oxygen atoms in total. The van der Waals surface area contributed by atoms with Crippen molar-refractivity contribution in [2.75, 3.05) is 6.61 Å². The molecule has 122 valence electrons. The Balaban J connectivity index is 1.74. The van der Waals surface area contributed by atoms with E-state index in [0.717, 1.165) is 38.2 Å². The molecule has 25 heavy (non-hydrogen) atoms. The maximum atomic E-state index is 6.13. The topological polar surface area (TPSA) is 56.6 Å². The van der Waals surface area contributed by atoms with Gasteiger partial charge in [-0.2, -0.15) is 0 Å². The highest BCUT2D eigenvalue weighted by atomic mass is 79.9. The number of rotatable bonds is 1. The summed E-state index contributed by atoms with van der Waals surface area (Å²) in [4.78, 5) is 12.9. The summed E-state index contributed by atoms with van der Waals surface area (Å²) >= 11 is 3.55. The number of aliphatic imine (C=N–C) groups is 1. The largest absolute Gasteiger partial charge is 0.480 e. The van der Waals surface area contributed by atoms with E-state index in [-0.39, 0.29) is 0 Å². The molecular weight excluding hydrogens is 382 g/mol. The number of hydrogen-bond acceptors (Lipinski definition) is 5. The monoisotopic (exact) mass is 393 g/mol. The summed E-state index contributed by atoms with van der Waals surface area (Å²) < 4.78 is 12.7. The van der Waals surface area contributed by atoms with Gasteiger partial charge in [-0.25, -0.2) is 15.0 Å². The molecule has 3 heterocycles. The fourth-order valence-electron chi connectivity index (χ4n) is 3.36. The highest BCUT2D eigenvalue weighted by Gasteiger charge is 2.45. The molecule has 0 amide bonds. The third kappa shape index (κ3) is 2.17. The van der Waals surface area contributed by atoms with Gasteiger partial charge in [0, 0.05) is 33.6 Å². The van der Waals surface area contributed by atoms with Gasteiger partial charge in [0.1, 0.15) is 24.4 Å². The lowest BCUT2D eigenvalue weighted by atomic mass is 9.80. The number of nitrogens with zero attached hydrogens (tertiary/aromatic N) is 3. The Labute approximate surface area is 152 Å². The van der Waals surface area contributed by atoms with Gasteiger partial charge in [0.15, 0.2) is 11.9 Å². The smallest absolute Gasteiger partial charge is 0.170 e. The average Bonchev–Trinajstić information content (AvgIpc) is 3.14. The van der Waals surface area contributed by atoms with E-state index >= 15 is 0 Å². The van der Waals surface area contributed by atoms with Crippen molar-refractivity contribution in [3.8, 4) is 22.6 Å².